The van der Waals surface area contributed by atoms with E-state index in [4.69, 9.17) is 4.74 Å². The van der Waals surface area contributed by atoms with Gasteiger partial charge >= 0.3 is 0 Å². The maximum atomic E-state index is 11.4. The lowest BCUT2D eigenvalue weighted by molar-refractivity contribution is -0.127. The zero-order valence-electron chi connectivity index (χ0n) is 14.6. The fraction of sp³-hybridized carbons (Fsp3) is 0.706. The highest BCUT2D eigenvalue weighted by molar-refractivity contribution is 5.73. The highest BCUT2D eigenvalue weighted by Gasteiger charge is 2.27. The number of carbonyl (C=O) groups is 1. The van der Waals surface area contributed by atoms with Crippen molar-refractivity contribution in [2.24, 2.45) is 5.92 Å². The van der Waals surface area contributed by atoms with Crippen molar-refractivity contribution in [3.05, 3.63) is 12.4 Å². The largest absolute Gasteiger partial charge is 0.481 e. The number of piperidine rings is 1. The van der Waals surface area contributed by atoms with Crippen molar-refractivity contribution in [2.45, 2.75) is 32.2 Å². The fourth-order valence-corrected chi connectivity index (χ4v) is 3.63. The molecule has 7 nitrogen and oxygen atoms in total. The van der Waals surface area contributed by atoms with E-state index in [9.17, 15) is 4.79 Å². The first-order chi connectivity index (χ1) is 11.6. The summed E-state index contributed by atoms with van der Waals surface area (Å²) in [4.78, 5) is 24.2. The minimum Gasteiger partial charge on any atom is -0.481 e. The molecule has 0 bridgehead atoms. The Balaban J connectivity index is 1.42. The van der Waals surface area contributed by atoms with Crippen LogP contribution in [0.15, 0.2) is 12.4 Å². The highest BCUT2D eigenvalue weighted by Crippen LogP contribution is 2.21. The highest BCUT2D eigenvalue weighted by atomic mass is 16.5. The van der Waals surface area contributed by atoms with E-state index >= 15 is 0 Å². The second-order valence-electron chi connectivity index (χ2n) is 6.78. The van der Waals surface area contributed by atoms with Gasteiger partial charge in [0, 0.05) is 51.8 Å². The number of amides is 1. The number of hydrogen-bond acceptors (Lipinski definition) is 6. The molecule has 3 rings (SSSR count). The van der Waals surface area contributed by atoms with Crippen LogP contribution in [0.3, 0.4) is 0 Å². The molecule has 1 N–H and O–H groups in total. The van der Waals surface area contributed by atoms with Gasteiger partial charge in [0.15, 0.2) is 0 Å². The molecule has 0 spiro atoms. The summed E-state index contributed by atoms with van der Waals surface area (Å²) >= 11 is 0. The third-order valence-corrected chi connectivity index (χ3v) is 5.04. The Kier molecular flexibility index (Phi) is 5.50. The zero-order valence-corrected chi connectivity index (χ0v) is 14.6. The number of methoxy groups -OCH3 is 1. The standard InChI is InChI=1S/C17H27N5O2/c1-13(23)22-8-3-14(11-22)10-21-6-4-15(5-7-21)20-16-9-17(24-2)19-12-18-16/h9,12,14-15H,3-8,10-11H2,1-2H3,(H,18,19,20). The van der Waals surface area contributed by atoms with E-state index in [0.29, 0.717) is 17.8 Å². The molecule has 2 aliphatic rings. The van der Waals surface area contributed by atoms with Gasteiger partial charge in [-0.25, -0.2) is 9.97 Å². The summed E-state index contributed by atoms with van der Waals surface area (Å²) in [6, 6.07) is 2.28. The van der Waals surface area contributed by atoms with Crippen molar-refractivity contribution in [3.63, 3.8) is 0 Å². The van der Waals surface area contributed by atoms with Gasteiger partial charge in [-0.2, -0.15) is 0 Å². The Labute approximate surface area is 143 Å². The van der Waals surface area contributed by atoms with Gasteiger partial charge in [-0.3, -0.25) is 4.79 Å². The summed E-state index contributed by atoms with van der Waals surface area (Å²) in [6.45, 7) is 6.81. The molecule has 2 fully saturated rings. The molecule has 7 heteroatoms. The van der Waals surface area contributed by atoms with Crippen LogP contribution in [0.1, 0.15) is 26.2 Å². The molecule has 2 saturated heterocycles. The van der Waals surface area contributed by atoms with Crippen LogP contribution in [-0.4, -0.2) is 71.6 Å². The monoisotopic (exact) mass is 333 g/mol. The lowest BCUT2D eigenvalue weighted by Crippen LogP contribution is -2.41. The van der Waals surface area contributed by atoms with Gasteiger partial charge in [-0.15, -0.1) is 0 Å². The second-order valence-corrected chi connectivity index (χ2v) is 6.78. The number of carbonyl (C=O) groups excluding carboxylic acids is 1. The van der Waals surface area contributed by atoms with Gasteiger partial charge < -0.3 is 19.9 Å². The minimum absolute atomic E-state index is 0.209. The number of likely N-dealkylation sites (tertiary alicyclic amines) is 2. The maximum absolute atomic E-state index is 11.4. The molecular weight excluding hydrogens is 306 g/mol. The molecule has 2 aliphatic heterocycles. The van der Waals surface area contributed by atoms with Crippen molar-refractivity contribution in [1.29, 1.82) is 0 Å². The van der Waals surface area contributed by atoms with Gasteiger partial charge in [-0.05, 0) is 25.2 Å². The van der Waals surface area contributed by atoms with Crippen LogP contribution in [0.5, 0.6) is 5.88 Å². The predicted molar refractivity (Wildman–Crippen MR) is 92.0 cm³/mol. The molecule has 1 aromatic heterocycles. The summed E-state index contributed by atoms with van der Waals surface area (Å²) in [5, 5.41) is 3.48. The average molecular weight is 333 g/mol. The van der Waals surface area contributed by atoms with E-state index in [-0.39, 0.29) is 5.91 Å². The van der Waals surface area contributed by atoms with Crippen molar-refractivity contribution >= 4 is 11.7 Å². The van der Waals surface area contributed by atoms with Gasteiger partial charge in [0.05, 0.1) is 7.11 Å². The Bertz CT molecular complexity index is 560. The van der Waals surface area contributed by atoms with Crippen LogP contribution < -0.4 is 10.1 Å². The first kappa shape index (κ1) is 17.0. The fourth-order valence-electron chi connectivity index (χ4n) is 3.63. The molecule has 0 radical (unpaired) electrons. The third-order valence-electron chi connectivity index (χ3n) is 5.04. The number of nitrogens with one attached hydrogen (secondary N) is 1. The first-order valence-corrected chi connectivity index (χ1v) is 8.74. The van der Waals surface area contributed by atoms with E-state index in [0.717, 1.165) is 57.8 Å². The van der Waals surface area contributed by atoms with Crippen LogP contribution in [0.25, 0.3) is 0 Å². The van der Waals surface area contributed by atoms with Gasteiger partial charge in [0.2, 0.25) is 11.8 Å². The Morgan fingerprint density at radius 3 is 2.75 bits per heavy atom. The summed E-state index contributed by atoms with van der Waals surface area (Å²) in [5.41, 5.74) is 0. The van der Waals surface area contributed by atoms with Gasteiger partial charge in [-0.1, -0.05) is 0 Å². The quantitative estimate of drug-likeness (QED) is 0.874. The maximum Gasteiger partial charge on any atom is 0.219 e. The number of nitrogens with zero attached hydrogens (tertiary/aromatic N) is 4. The van der Waals surface area contributed by atoms with Crippen molar-refractivity contribution < 1.29 is 9.53 Å². The number of anilines is 1. The molecule has 1 aromatic rings. The van der Waals surface area contributed by atoms with E-state index in [1.54, 1.807) is 14.0 Å². The molecule has 1 amide bonds. The van der Waals surface area contributed by atoms with E-state index in [1.165, 1.54) is 6.33 Å². The molecule has 0 saturated carbocycles. The zero-order chi connectivity index (χ0) is 16.9. The molecule has 1 unspecified atom stereocenters. The van der Waals surface area contributed by atoms with E-state index < -0.39 is 0 Å². The van der Waals surface area contributed by atoms with Gasteiger partial charge in [0.25, 0.3) is 0 Å². The minimum atomic E-state index is 0.209. The van der Waals surface area contributed by atoms with Crippen LogP contribution in [-0.2, 0) is 4.79 Å². The van der Waals surface area contributed by atoms with Crippen LogP contribution in [0.2, 0.25) is 0 Å². The van der Waals surface area contributed by atoms with E-state index in [2.05, 4.69) is 20.2 Å². The number of aromatic nitrogens is 2. The Hall–Kier alpha value is -1.89. The topological polar surface area (TPSA) is 70.6 Å². The average Bonchev–Trinajstić information content (AvgIpc) is 3.06. The van der Waals surface area contributed by atoms with Crippen molar-refractivity contribution in [1.82, 2.24) is 19.8 Å². The van der Waals surface area contributed by atoms with Gasteiger partial charge in [0.1, 0.15) is 12.1 Å². The van der Waals surface area contributed by atoms with Crippen molar-refractivity contribution in [2.75, 3.05) is 45.2 Å². The third kappa shape index (κ3) is 4.35. The summed E-state index contributed by atoms with van der Waals surface area (Å²) in [6.07, 6.45) is 4.88. The lowest BCUT2D eigenvalue weighted by atomic mass is 10.0. The molecule has 0 aliphatic carbocycles. The molecule has 24 heavy (non-hydrogen) atoms. The molecule has 132 valence electrons. The van der Waals surface area contributed by atoms with Crippen LogP contribution in [0.4, 0.5) is 5.82 Å². The first-order valence-electron chi connectivity index (χ1n) is 8.74. The number of ether oxygens (including phenoxy) is 1. The summed E-state index contributed by atoms with van der Waals surface area (Å²) in [7, 11) is 1.61. The van der Waals surface area contributed by atoms with Crippen molar-refractivity contribution in [3.8, 4) is 5.88 Å². The predicted octanol–water partition coefficient (Wildman–Crippen LogP) is 1.23. The van der Waals surface area contributed by atoms with E-state index in [1.807, 2.05) is 11.0 Å². The SMILES string of the molecule is COc1cc(NC2CCN(CC3CCN(C(C)=O)C3)CC2)ncn1. The number of rotatable bonds is 5. The summed E-state index contributed by atoms with van der Waals surface area (Å²) < 4.78 is 5.13. The smallest absolute Gasteiger partial charge is 0.219 e. The Morgan fingerprint density at radius 2 is 2.08 bits per heavy atom. The molecule has 3 heterocycles. The lowest BCUT2D eigenvalue weighted by Gasteiger charge is -2.34. The molecular formula is C17H27N5O2. The Morgan fingerprint density at radius 1 is 1.29 bits per heavy atom. The second kappa shape index (κ2) is 7.79. The van der Waals surface area contributed by atoms with Crippen LogP contribution >= 0.6 is 0 Å². The number of hydrogen-bond donors (Lipinski definition) is 1. The van der Waals surface area contributed by atoms with Crippen LogP contribution in [0, 0.1) is 5.92 Å². The molecule has 1 atom stereocenters. The molecule has 0 aromatic carbocycles. The summed E-state index contributed by atoms with van der Waals surface area (Å²) in [5.74, 6) is 2.25. The normalized spacial score (nSPS) is 22.6.